The van der Waals surface area contributed by atoms with E-state index in [1.165, 1.54) is 6.21 Å². The minimum atomic E-state index is -1.04. The molecule has 0 atom stereocenters. The lowest BCUT2D eigenvalue weighted by Gasteiger charge is -2.03. The predicted octanol–water partition coefficient (Wildman–Crippen LogP) is 2.57. The van der Waals surface area contributed by atoms with Crippen molar-refractivity contribution in [2.75, 3.05) is 6.61 Å². The molecule has 118 valence electrons. The van der Waals surface area contributed by atoms with Gasteiger partial charge in [-0.25, -0.2) is 10.2 Å². The number of halogens is 1. The van der Waals surface area contributed by atoms with Gasteiger partial charge in [0.1, 0.15) is 5.75 Å². The van der Waals surface area contributed by atoms with Crippen molar-refractivity contribution in [1.82, 2.24) is 5.43 Å². The molecule has 2 aromatic rings. The zero-order chi connectivity index (χ0) is 16.7. The lowest BCUT2D eigenvalue weighted by atomic mass is 10.2. The van der Waals surface area contributed by atoms with Crippen LogP contribution in [0.25, 0.3) is 0 Å². The van der Waals surface area contributed by atoms with Gasteiger partial charge >= 0.3 is 5.97 Å². The number of benzene rings is 2. The first-order valence-electron chi connectivity index (χ1n) is 6.59. The fourth-order valence-electron chi connectivity index (χ4n) is 1.67. The van der Waals surface area contributed by atoms with Crippen molar-refractivity contribution in [2.24, 2.45) is 5.10 Å². The summed E-state index contributed by atoms with van der Waals surface area (Å²) >= 11 is 5.92. The average Bonchev–Trinajstić information content (AvgIpc) is 2.54. The van der Waals surface area contributed by atoms with E-state index in [1.54, 1.807) is 48.5 Å². The van der Waals surface area contributed by atoms with Crippen molar-refractivity contribution in [3.63, 3.8) is 0 Å². The van der Waals surface area contributed by atoms with Crippen LogP contribution in [0.2, 0.25) is 5.02 Å². The molecule has 0 bridgehead atoms. The van der Waals surface area contributed by atoms with Gasteiger partial charge in [0.25, 0.3) is 5.91 Å². The Bertz CT molecular complexity index is 729. The van der Waals surface area contributed by atoms with Crippen LogP contribution in [0.1, 0.15) is 15.9 Å². The molecule has 6 nitrogen and oxygen atoms in total. The van der Waals surface area contributed by atoms with E-state index < -0.39 is 18.5 Å². The number of nitrogens with one attached hydrogen (secondary N) is 1. The number of hydrogen-bond donors (Lipinski definition) is 2. The highest BCUT2D eigenvalue weighted by Gasteiger charge is 2.07. The van der Waals surface area contributed by atoms with Gasteiger partial charge in [0.15, 0.2) is 6.61 Å². The third kappa shape index (κ3) is 5.12. The Kier molecular flexibility index (Phi) is 5.71. The number of carboxylic acids is 1. The second kappa shape index (κ2) is 7.95. The van der Waals surface area contributed by atoms with E-state index in [0.29, 0.717) is 21.9 Å². The lowest BCUT2D eigenvalue weighted by Crippen LogP contribution is -2.17. The molecule has 0 aliphatic rings. The van der Waals surface area contributed by atoms with Crippen molar-refractivity contribution in [3.8, 4) is 5.75 Å². The zero-order valence-corrected chi connectivity index (χ0v) is 12.7. The highest BCUT2D eigenvalue weighted by atomic mass is 35.5. The molecule has 23 heavy (non-hydrogen) atoms. The van der Waals surface area contributed by atoms with Crippen molar-refractivity contribution in [3.05, 3.63) is 64.7 Å². The maximum absolute atomic E-state index is 11.9. The summed E-state index contributed by atoms with van der Waals surface area (Å²) in [5.74, 6) is -1.02. The summed E-state index contributed by atoms with van der Waals surface area (Å²) in [6.07, 6.45) is 1.45. The molecule has 0 saturated carbocycles. The van der Waals surface area contributed by atoms with E-state index in [1.807, 2.05) is 0 Å². The van der Waals surface area contributed by atoms with E-state index in [9.17, 15) is 9.59 Å². The number of nitrogens with zero attached hydrogens (tertiary/aromatic N) is 1. The second-order valence-corrected chi connectivity index (χ2v) is 4.84. The molecule has 0 spiro atoms. The van der Waals surface area contributed by atoms with Gasteiger partial charge in [-0.3, -0.25) is 4.79 Å². The van der Waals surface area contributed by atoms with Gasteiger partial charge in [0, 0.05) is 0 Å². The molecular formula is C16H13ClN2O4. The Morgan fingerprint density at radius 1 is 1.17 bits per heavy atom. The standard InChI is InChI=1S/C16H13ClN2O4/c17-14-4-2-1-3-13(14)16(22)19-18-9-11-5-7-12(8-6-11)23-10-15(20)21/h1-9H,10H2,(H,19,22)(H,20,21)/b18-9-. The van der Waals surface area contributed by atoms with Gasteiger partial charge in [-0.15, -0.1) is 0 Å². The van der Waals surface area contributed by atoms with Gasteiger partial charge < -0.3 is 9.84 Å². The Morgan fingerprint density at radius 2 is 1.87 bits per heavy atom. The molecule has 2 aromatic carbocycles. The molecule has 2 rings (SSSR count). The van der Waals surface area contributed by atoms with Gasteiger partial charge in [0.05, 0.1) is 16.8 Å². The summed E-state index contributed by atoms with van der Waals surface area (Å²) in [7, 11) is 0. The second-order valence-electron chi connectivity index (χ2n) is 4.43. The van der Waals surface area contributed by atoms with Gasteiger partial charge in [-0.05, 0) is 42.0 Å². The van der Waals surface area contributed by atoms with Gasteiger partial charge in [-0.2, -0.15) is 5.10 Å². The molecule has 0 aliphatic carbocycles. The molecule has 0 saturated heterocycles. The summed E-state index contributed by atoms with van der Waals surface area (Å²) in [6, 6.07) is 13.2. The number of carboxylic acid groups (broad SMARTS) is 1. The number of ether oxygens (including phenoxy) is 1. The molecular weight excluding hydrogens is 320 g/mol. The first kappa shape index (κ1) is 16.5. The van der Waals surface area contributed by atoms with Crippen LogP contribution in [-0.4, -0.2) is 29.8 Å². The van der Waals surface area contributed by atoms with Crippen LogP contribution in [0.4, 0.5) is 0 Å². The quantitative estimate of drug-likeness (QED) is 0.628. The van der Waals surface area contributed by atoms with Crippen molar-refractivity contribution in [2.45, 2.75) is 0 Å². The summed E-state index contributed by atoms with van der Waals surface area (Å²) in [6.45, 7) is -0.401. The normalized spacial score (nSPS) is 10.5. The molecule has 0 aromatic heterocycles. The first-order valence-corrected chi connectivity index (χ1v) is 6.96. The van der Waals surface area contributed by atoms with Crippen LogP contribution < -0.4 is 10.2 Å². The third-order valence-electron chi connectivity index (χ3n) is 2.74. The Labute approximate surface area is 137 Å². The monoisotopic (exact) mass is 332 g/mol. The molecule has 7 heteroatoms. The van der Waals surface area contributed by atoms with E-state index in [4.69, 9.17) is 21.4 Å². The van der Waals surface area contributed by atoms with Crippen molar-refractivity contribution in [1.29, 1.82) is 0 Å². The van der Waals surface area contributed by atoms with Gasteiger partial charge in [0.2, 0.25) is 0 Å². The summed E-state index contributed by atoms with van der Waals surface area (Å²) in [5.41, 5.74) is 3.43. The minimum Gasteiger partial charge on any atom is -0.482 e. The number of hydrogen-bond acceptors (Lipinski definition) is 4. The number of rotatable bonds is 6. The zero-order valence-electron chi connectivity index (χ0n) is 11.9. The van der Waals surface area contributed by atoms with Crippen molar-refractivity contribution >= 4 is 29.7 Å². The Balaban J connectivity index is 1.92. The third-order valence-corrected chi connectivity index (χ3v) is 3.07. The van der Waals surface area contributed by atoms with Crippen LogP contribution in [0.3, 0.4) is 0 Å². The highest BCUT2D eigenvalue weighted by Crippen LogP contribution is 2.14. The molecule has 2 N–H and O–H groups in total. The van der Waals surface area contributed by atoms with E-state index in [0.717, 1.165) is 0 Å². The predicted molar refractivity (Wildman–Crippen MR) is 86.1 cm³/mol. The number of carbonyl (C=O) groups is 2. The first-order chi connectivity index (χ1) is 11.1. The summed E-state index contributed by atoms with van der Waals surface area (Å²) < 4.78 is 5.01. The number of amides is 1. The summed E-state index contributed by atoms with van der Waals surface area (Å²) in [5, 5.41) is 12.7. The van der Waals surface area contributed by atoms with Crippen LogP contribution >= 0.6 is 11.6 Å². The average molecular weight is 333 g/mol. The smallest absolute Gasteiger partial charge is 0.341 e. The van der Waals surface area contributed by atoms with E-state index >= 15 is 0 Å². The maximum Gasteiger partial charge on any atom is 0.341 e. The van der Waals surface area contributed by atoms with Gasteiger partial charge in [-0.1, -0.05) is 23.7 Å². The molecule has 0 aliphatic heterocycles. The topological polar surface area (TPSA) is 88.0 Å². The molecule has 0 fully saturated rings. The molecule has 1 amide bonds. The molecule has 0 heterocycles. The Morgan fingerprint density at radius 3 is 2.52 bits per heavy atom. The lowest BCUT2D eigenvalue weighted by molar-refractivity contribution is -0.139. The maximum atomic E-state index is 11.9. The SMILES string of the molecule is O=C(O)COc1ccc(/C=N\NC(=O)c2ccccc2Cl)cc1. The van der Waals surface area contributed by atoms with Crippen molar-refractivity contribution < 1.29 is 19.4 Å². The van der Waals surface area contributed by atoms with E-state index in [-0.39, 0.29) is 0 Å². The fraction of sp³-hybridized carbons (Fsp3) is 0.0625. The fourth-order valence-corrected chi connectivity index (χ4v) is 1.89. The van der Waals surface area contributed by atoms with E-state index in [2.05, 4.69) is 10.5 Å². The summed E-state index contributed by atoms with van der Waals surface area (Å²) in [4.78, 5) is 22.3. The number of carbonyl (C=O) groups excluding carboxylic acids is 1. The van der Waals surface area contributed by atoms with Crippen LogP contribution in [0.5, 0.6) is 5.75 Å². The van der Waals surface area contributed by atoms with Crippen LogP contribution in [0.15, 0.2) is 53.6 Å². The Hall–Kier alpha value is -2.86. The largest absolute Gasteiger partial charge is 0.482 e. The highest BCUT2D eigenvalue weighted by molar-refractivity contribution is 6.33. The number of aliphatic carboxylic acids is 1. The van der Waals surface area contributed by atoms with Crippen LogP contribution in [0, 0.1) is 0 Å². The number of hydrazone groups is 1. The minimum absolute atomic E-state index is 0.337. The van der Waals surface area contributed by atoms with Crippen LogP contribution in [-0.2, 0) is 4.79 Å². The molecule has 0 radical (unpaired) electrons. The molecule has 0 unspecified atom stereocenters.